The minimum Gasteiger partial charge on any atom is -0.460 e. The molecule has 0 aromatic heterocycles. The number of hydrogen-bond donors (Lipinski definition) is 0. The van der Waals surface area contributed by atoms with Gasteiger partial charge in [-0.25, -0.2) is 8.78 Å². The summed E-state index contributed by atoms with van der Waals surface area (Å²) in [5.41, 5.74) is 1.42. The van der Waals surface area contributed by atoms with Crippen molar-refractivity contribution in [3.63, 3.8) is 0 Å². The van der Waals surface area contributed by atoms with E-state index >= 15 is 0 Å². The molecule has 0 aliphatic carbocycles. The monoisotopic (exact) mass is 710 g/mol. The first kappa shape index (κ1) is 39.8. The Morgan fingerprint density at radius 1 is 0.826 bits per heavy atom. The Labute approximate surface area is 283 Å². The topological polar surface area (TPSA) is 71.1 Å². The molecule has 4 rings (SSSR count). The molecule has 2 aromatic carbocycles. The number of rotatable bonds is 6. The van der Waals surface area contributed by atoms with E-state index in [0.29, 0.717) is 11.1 Å². The summed E-state index contributed by atoms with van der Waals surface area (Å²) in [6.07, 6.45) is 3.43. The van der Waals surface area contributed by atoms with Crippen molar-refractivity contribution in [3.8, 4) is 0 Å². The first-order valence-corrected chi connectivity index (χ1v) is 16.5. The molecule has 2 aromatic rings. The van der Waals surface area contributed by atoms with E-state index < -0.39 is 22.0 Å². The van der Waals surface area contributed by atoms with Gasteiger partial charge in [-0.1, -0.05) is 35.5 Å². The standard InChI is InChI=1S/C18H24BrFO3.C18H25FO3.CH4/c1-17(2,3)23-16(21)15(19)13-10-11(20)6-7-12(13)14-8-9-18(4,5)22-14;1-17(2,3)22-16(20)11-12-10-13(19)6-7-14(12)15-8-9-18(4,5)21-15;/h6-7,10,14-15H,8-9H2,1-5H3;6-7,10,15H,8-9,11H2,1-5H3;1H4. The maximum atomic E-state index is 13.7. The van der Waals surface area contributed by atoms with Crippen LogP contribution in [-0.4, -0.2) is 34.3 Å². The van der Waals surface area contributed by atoms with Crippen molar-refractivity contribution in [1.29, 1.82) is 0 Å². The summed E-state index contributed by atoms with van der Waals surface area (Å²) in [5, 5.41) is 0. The molecular weight excluding hydrogens is 658 g/mol. The smallest absolute Gasteiger partial charge is 0.324 e. The lowest BCUT2D eigenvalue weighted by Gasteiger charge is -2.25. The minimum absolute atomic E-state index is 0. The molecule has 2 fully saturated rings. The van der Waals surface area contributed by atoms with Gasteiger partial charge in [-0.2, -0.15) is 0 Å². The lowest BCUT2D eigenvalue weighted by molar-refractivity contribution is -0.155. The van der Waals surface area contributed by atoms with E-state index in [2.05, 4.69) is 15.9 Å². The molecule has 2 saturated heterocycles. The highest BCUT2D eigenvalue weighted by Crippen LogP contribution is 2.43. The van der Waals surface area contributed by atoms with Crippen molar-refractivity contribution in [2.75, 3.05) is 0 Å². The molecule has 0 bridgehead atoms. The van der Waals surface area contributed by atoms with Crippen LogP contribution in [0.15, 0.2) is 36.4 Å². The Morgan fingerprint density at radius 2 is 1.28 bits per heavy atom. The molecular formula is C37H53BrF2O6. The van der Waals surface area contributed by atoms with Gasteiger partial charge in [0.25, 0.3) is 0 Å². The summed E-state index contributed by atoms with van der Waals surface area (Å²) < 4.78 is 50.1. The average molecular weight is 712 g/mol. The van der Waals surface area contributed by atoms with Gasteiger partial charge in [0, 0.05) is 0 Å². The van der Waals surface area contributed by atoms with Gasteiger partial charge in [0.15, 0.2) is 0 Å². The number of esters is 2. The molecule has 3 atom stereocenters. The number of halogens is 3. The minimum atomic E-state index is -0.722. The van der Waals surface area contributed by atoms with Crippen molar-refractivity contribution in [2.45, 2.75) is 148 Å². The molecule has 6 nitrogen and oxygen atoms in total. The molecule has 46 heavy (non-hydrogen) atoms. The molecule has 2 heterocycles. The van der Waals surface area contributed by atoms with Crippen LogP contribution in [0.1, 0.15) is 142 Å². The van der Waals surface area contributed by atoms with Crippen molar-refractivity contribution in [2.24, 2.45) is 0 Å². The van der Waals surface area contributed by atoms with Crippen LogP contribution in [0.3, 0.4) is 0 Å². The van der Waals surface area contributed by atoms with E-state index in [4.69, 9.17) is 18.9 Å². The number of benzene rings is 2. The second-order valence-electron chi connectivity index (χ2n) is 15.1. The third kappa shape index (κ3) is 12.0. The maximum Gasteiger partial charge on any atom is 0.324 e. The molecule has 0 radical (unpaired) electrons. The lowest BCUT2D eigenvalue weighted by Crippen LogP contribution is -2.26. The molecule has 0 saturated carbocycles. The average Bonchev–Trinajstić information content (AvgIpc) is 3.42. The normalized spacial score (nSPS) is 21.0. The number of ether oxygens (including phenoxy) is 4. The summed E-state index contributed by atoms with van der Waals surface area (Å²) >= 11 is 3.37. The summed E-state index contributed by atoms with van der Waals surface area (Å²) in [5.74, 6) is -1.51. The molecule has 9 heteroatoms. The van der Waals surface area contributed by atoms with Crippen LogP contribution in [-0.2, 0) is 35.0 Å². The zero-order valence-corrected chi connectivity index (χ0v) is 29.9. The van der Waals surface area contributed by atoms with Crippen LogP contribution in [0, 0.1) is 11.6 Å². The van der Waals surface area contributed by atoms with Gasteiger partial charge in [0.1, 0.15) is 27.7 Å². The van der Waals surface area contributed by atoms with E-state index in [9.17, 15) is 18.4 Å². The van der Waals surface area contributed by atoms with Crippen molar-refractivity contribution < 1.29 is 37.3 Å². The highest BCUT2D eigenvalue weighted by molar-refractivity contribution is 9.09. The summed E-state index contributed by atoms with van der Waals surface area (Å²) in [6.45, 7) is 19.0. The quantitative estimate of drug-likeness (QED) is 0.220. The van der Waals surface area contributed by atoms with Crippen LogP contribution < -0.4 is 0 Å². The third-order valence-electron chi connectivity index (χ3n) is 7.43. The van der Waals surface area contributed by atoms with Crippen molar-refractivity contribution in [1.82, 2.24) is 0 Å². The van der Waals surface area contributed by atoms with E-state index in [1.165, 1.54) is 24.3 Å². The van der Waals surface area contributed by atoms with Crippen LogP contribution in [0.25, 0.3) is 0 Å². The van der Waals surface area contributed by atoms with Crippen LogP contribution in [0.5, 0.6) is 0 Å². The largest absolute Gasteiger partial charge is 0.460 e. The van der Waals surface area contributed by atoms with Crippen LogP contribution in [0.4, 0.5) is 8.78 Å². The SMILES string of the molecule is C.CC(C)(C)OC(=O)C(Br)c1cc(F)ccc1C1CCC(C)(C)O1.CC(C)(C)OC(=O)Cc1cc(F)ccc1C1CCC(C)(C)O1. The van der Waals surface area contributed by atoms with E-state index in [0.717, 1.165) is 36.8 Å². The molecule has 0 spiro atoms. The maximum absolute atomic E-state index is 13.7. The highest BCUT2D eigenvalue weighted by atomic mass is 79.9. The third-order valence-corrected chi connectivity index (χ3v) is 8.30. The Hall–Kier alpha value is -2.36. The zero-order chi connectivity index (χ0) is 34.0. The fourth-order valence-electron chi connectivity index (χ4n) is 5.51. The fourth-order valence-corrected chi connectivity index (χ4v) is 6.00. The summed E-state index contributed by atoms with van der Waals surface area (Å²) in [4.78, 5) is 23.7. The Kier molecular flexibility index (Phi) is 13.2. The molecule has 0 amide bonds. The van der Waals surface area contributed by atoms with Gasteiger partial charge in [-0.3, -0.25) is 9.59 Å². The highest BCUT2D eigenvalue weighted by Gasteiger charge is 2.36. The van der Waals surface area contributed by atoms with Gasteiger partial charge in [-0.15, -0.1) is 0 Å². The van der Waals surface area contributed by atoms with Gasteiger partial charge < -0.3 is 18.9 Å². The zero-order valence-electron chi connectivity index (χ0n) is 28.3. The van der Waals surface area contributed by atoms with Gasteiger partial charge in [0.05, 0.1) is 29.8 Å². The van der Waals surface area contributed by atoms with Crippen LogP contribution in [0.2, 0.25) is 0 Å². The van der Waals surface area contributed by atoms with Gasteiger partial charge in [0.2, 0.25) is 0 Å². The predicted octanol–water partition coefficient (Wildman–Crippen LogP) is 10.2. The van der Waals surface area contributed by atoms with Crippen LogP contribution >= 0.6 is 15.9 Å². The molecule has 0 N–H and O–H groups in total. The van der Waals surface area contributed by atoms with Crippen molar-refractivity contribution in [3.05, 3.63) is 70.3 Å². The second kappa shape index (κ2) is 15.2. The van der Waals surface area contributed by atoms with Gasteiger partial charge >= 0.3 is 11.9 Å². The van der Waals surface area contributed by atoms with E-state index in [-0.39, 0.29) is 54.9 Å². The second-order valence-corrected chi connectivity index (χ2v) is 16.0. The Bertz CT molecular complexity index is 1360. The van der Waals surface area contributed by atoms with Crippen molar-refractivity contribution >= 4 is 27.9 Å². The molecule has 258 valence electrons. The van der Waals surface area contributed by atoms with E-state index in [1.807, 2.05) is 48.5 Å². The first-order chi connectivity index (χ1) is 20.5. The van der Waals surface area contributed by atoms with E-state index in [1.54, 1.807) is 32.9 Å². The fraction of sp³-hybridized carbons (Fsp3) is 0.622. The molecule has 3 unspecified atom stereocenters. The number of carbonyl (C=O) groups is 2. The lowest BCUT2D eigenvalue weighted by atomic mass is 9.97. The number of alkyl halides is 1. The van der Waals surface area contributed by atoms with Gasteiger partial charge in [-0.05, 0) is 141 Å². The Balaban J connectivity index is 0.000000314. The summed E-state index contributed by atoms with van der Waals surface area (Å²) in [6, 6.07) is 9.04. The molecule has 2 aliphatic heterocycles. The first-order valence-electron chi connectivity index (χ1n) is 15.6. The number of hydrogen-bond acceptors (Lipinski definition) is 6. The Morgan fingerprint density at radius 3 is 1.74 bits per heavy atom. The number of carbonyl (C=O) groups excluding carboxylic acids is 2. The summed E-state index contributed by atoms with van der Waals surface area (Å²) in [7, 11) is 0. The predicted molar refractivity (Wildman–Crippen MR) is 181 cm³/mol. The molecule has 2 aliphatic rings.